The second-order valence-electron chi connectivity index (χ2n) is 5.28. The zero-order valence-corrected chi connectivity index (χ0v) is 11.9. The van der Waals surface area contributed by atoms with E-state index in [1.165, 1.54) is 16.7 Å². The predicted octanol–water partition coefficient (Wildman–Crippen LogP) is 1.83. The first-order valence-corrected chi connectivity index (χ1v) is 7.77. The quantitative estimate of drug-likeness (QED) is 0.860. The van der Waals surface area contributed by atoms with Gasteiger partial charge >= 0.3 is 0 Å². The molecule has 1 aromatic rings. The van der Waals surface area contributed by atoms with Crippen molar-refractivity contribution in [1.82, 2.24) is 9.88 Å². The molecule has 1 unspecified atom stereocenters. The van der Waals surface area contributed by atoms with Crippen molar-refractivity contribution in [1.29, 1.82) is 0 Å². The summed E-state index contributed by atoms with van der Waals surface area (Å²) in [5.41, 5.74) is 6.18. The number of hydrogen-bond donors (Lipinski definition) is 1. The maximum absolute atomic E-state index is 12.4. The predicted molar refractivity (Wildman–Crippen MR) is 77.0 cm³/mol. The lowest BCUT2D eigenvalue weighted by atomic mass is 10.2. The molecule has 2 amide bonds. The van der Waals surface area contributed by atoms with Crippen LogP contribution in [0.15, 0.2) is 23.4 Å². The molecule has 5 nitrogen and oxygen atoms in total. The van der Waals surface area contributed by atoms with Crippen molar-refractivity contribution in [3.05, 3.63) is 18.3 Å². The number of nitrogens with zero attached hydrogens (tertiary/aromatic N) is 2. The number of carbonyl (C=O) groups is 2. The molecule has 2 N–H and O–H groups in total. The molecule has 1 atom stereocenters. The third-order valence-corrected chi connectivity index (χ3v) is 4.99. The Morgan fingerprint density at radius 3 is 2.65 bits per heavy atom. The molecule has 0 aromatic carbocycles. The highest BCUT2D eigenvalue weighted by atomic mass is 32.2. The van der Waals surface area contributed by atoms with Crippen molar-refractivity contribution in [2.75, 3.05) is 5.73 Å². The second kappa shape index (κ2) is 5.44. The molecule has 0 spiro atoms. The lowest BCUT2D eigenvalue weighted by Crippen LogP contribution is -2.39. The summed E-state index contributed by atoms with van der Waals surface area (Å²) in [7, 11) is 0. The van der Waals surface area contributed by atoms with Crippen LogP contribution in [0.2, 0.25) is 0 Å². The number of pyridine rings is 1. The average Bonchev–Trinajstić information content (AvgIpc) is 3.02. The molecule has 1 saturated carbocycles. The van der Waals surface area contributed by atoms with Gasteiger partial charge in [-0.05, 0) is 25.0 Å². The maximum Gasteiger partial charge on any atom is 0.243 e. The second-order valence-corrected chi connectivity index (χ2v) is 6.50. The number of nitrogen functional groups attached to an aromatic ring is 1. The number of hydrogen-bond acceptors (Lipinski definition) is 5. The molecule has 20 heavy (non-hydrogen) atoms. The van der Waals surface area contributed by atoms with Gasteiger partial charge in [-0.2, -0.15) is 0 Å². The Bertz CT molecular complexity index is 526. The van der Waals surface area contributed by atoms with Crippen molar-refractivity contribution in [3.63, 3.8) is 0 Å². The number of carbonyl (C=O) groups excluding carboxylic acids is 2. The molecule has 106 valence electrons. The lowest BCUT2D eigenvalue weighted by Gasteiger charge is -2.21. The van der Waals surface area contributed by atoms with Crippen LogP contribution in [0.5, 0.6) is 0 Å². The molecular weight excluding hydrogens is 274 g/mol. The van der Waals surface area contributed by atoms with Crippen molar-refractivity contribution in [2.45, 2.75) is 48.4 Å². The monoisotopic (exact) mass is 291 g/mol. The zero-order chi connectivity index (χ0) is 14.1. The minimum Gasteiger partial charge on any atom is -0.397 e. The SMILES string of the molecule is Nc1ccc(SC2CC(=O)N(C3CCCC3)C2=O)nc1. The summed E-state index contributed by atoms with van der Waals surface area (Å²) in [4.78, 5) is 30.2. The molecule has 0 radical (unpaired) electrons. The number of imide groups is 1. The fourth-order valence-electron chi connectivity index (χ4n) is 2.87. The summed E-state index contributed by atoms with van der Waals surface area (Å²) in [6, 6.07) is 3.67. The smallest absolute Gasteiger partial charge is 0.243 e. The molecule has 1 saturated heterocycles. The van der Waals surface area contributed by atoms with Crippen LogP contribution < -0.4 is 5.73 Å². The van der Waals surface area contributed by atoms with E-state index in [0.717, 1.165) is 30.7 Å². The average molecular weight is 291 g/mol. The molecule has 2 fully saturated rings. The molecule has 1 aliphatic carbocycles. The number of nitrogens with two attached hydrogens (primary N) is 1. The van der Waals surface area contributed by atoms with E-state index in [1.807, 2.05) is 0 Å². The molecule has 3 rings (SSSR count). The van der Waals surface area contributed by atoms with Gasteiger partial charge in [0.25, 0.3) is 0 Å². The molecule has 2 aliphatic rings. The van der Waals surface area contributed by atoms with Crippen molar-refractivity contribution in [2.24, 2.45) is 0 Å². The van der Waals surface area contributed by atoms with Gasteiger partial charge in [0.2, 0.25) is 11.8 Å². The normalized spacial score (nSPS) is 23.8. The van der Waals surface area contributed by atoms with Crippen LogP contribution in [0.25, 0.3) is 0 Å². The maximum atomic E-state index is 12.4. The Hall–Kier alpha value is -1.56. The Balaban J connectivity index is 1.70. The van der Waals surface area contributed by atoms with Gasteiger partial charge in [0.1, 0.15) is 0 Å². The van der Waals surface area contributed by atoms with Crippen LogP contribution in [0.1, 0.15) is 32.1 Å². The molecule has 1 aromatic heterocycles. The summed E-state index contributed by atoms with van der Waals surface area (Å²) in [5, 5.41) is 0.401. The summed E-state index contributed by atoms with van der Waals surface area (Å²) < 4.78 is 0. The van der Waals surface area contributed by atoms with Crippen LogP contribution in [0.4, 0.5) is 5.69 Å². The zero-order valence-electron chi connectivity index (χ0n) is 11.1. The summed E-state index contributed by atoms with van der Waals surface area (Å²) >= 11 is 1.36. The number of amides is 2. The van der Waals surface area contributed by atoms with Crippen LogP contribution in [0.3, 0.4) is 0 Å². The van der Waals surface area contributed by atoms with E-state index in [9.17, 15) is 9.59 Å². The summed E-state index contributed by atoms with van der Waals surface area (Å²) in [6.07, 6.45) is 5.98. The minimum atomic E-state index is -0.334. The number of rotatable bonds is 3. The Morgan fingerprint density at radius 2 is 2.00 bits per heavy atom. The fraction of sp³-hybridized carbons (Fsp3) is 0.500. The van der Waals surface area contributed by atoms with E-state index in [2.05, 4.69) is 4.98 Å². The summed E-state index contributed by atoms with van der Waals surface area (Å²) in [5.74, 6) is -0.0830. The molecule has 6 heteroatoms. The highest BCUT2D eigenvalue weighted by molar-refractivity contribution is 8.00. The van der Waals surface area contributed by atoms with Gasteiger partial charge < -0.3 is 5.73 Å². The van der Waals surface area contributed by atoms with Crippen LogP contribution in [0, 0.1) is 0 Å². The Morgan fingerprint density at radius 1 is 1.25 bits per heavy atom. The van der Waals surface area contributed by atoms with Crippen molar-refractivity contribution in [3.8, 4) is 0 Å². The summed E-state index contributed by atoms with van der Waals surface area (Å²) in [6.45, 7) is 0. The van der Waals surface area contributed by atoms with Crippen molar-refractivity contribution >= 4 is 29.3 Å². The van der Waals surface area contributed by atoms with E-state index in [4.69, 9.17) is 5.73 Å². The van der Waals surface area contributed by atoms with Gasteiger partial charge in [0, 0.05) is 12.5 Å². The van der Waals surface area contributed by atoms with Crippen LogP contribution in [-0.2, 0) is 9.59 Å². The largest absolute Gasteiger partial charge is 0.397 e. The van der Waals surface area contributed by atoms with E-state index in [0.29, 0.717) is 5.69 Å². The third kappa shape index (κ3) is 2.52. The Labute approximate surface area is 121 Å². The minimum absolute atomic E-state index is 0.0326. The van der Waals surface area contributed by atoms with Gasteiger partial charge in [0.15, 0.2) is 0 Å². The van der Waals surface area contributed by atoms with Gasteiger partial charge in [-0.25, -0.2) is 4.98 Å². The van der Waals surface area contributed by atoms with E-state index < -0.39 is 0 Å². The molecule has 1 aliphatic heterocycles. The first kappa shape index (κ1) is 13.4. The highest BCUT2D eigenvalue weighted by Gasteiger charge is 2.43. The van der Waals surface area contributed by atoms with Gasteiger partial charge in [0.05, 0.1) is 22.2 Å². The lowest BCUT2D eigenvalue weighted by molar-refractivity contribution is -0.140. The number of anilines is 1. The van der Waals surface area contributed by atoms with Gasteiger partial charge in [-0.1, -0.05) is 24.6 Å². The van der Waals surface area contributed by atoms with Gasteiger partial charge in [-0.15, -0.1) is 0 Å². The van der Waals surface area contributed by atoms with E-state index in [1.54, 1.807) is 18.3 Å². The first-order valence-electron chi connectivity index (χ1n) is 6.89. The standard InChI is InChI=1S/C14H17N3O2S/c15-9-5-6-12(16-8-9)20-11-7-13(18)17(14(11)19)10-3-1-2-4-10/h5-6,8,10-11H,1-4,7,15H2. The number of aromatic nitrogens is 1. The Kier molecular flexibility index (Phi) is 3.65. The number of thioether (sulfide) groups is 1. The highest BCUT2D eigenvalue weighted by Crippen LogP contribution is 2.34. The topological polar surface area (TPSA) is 76.3 Å². The van der Waals surface area contributed by atoms with E-state index >= 15 is 0 Å². The fourth-order valence-corrected chi connectivity index (χ4v) is 3.86. The van der Waals surface area contributed by atoms with E-state index in [-0.39, 0.29) is 29.5 Å². The molecule has 0 bridgehead atoms. The number of likely N-dealkylation sites (tertiary alicyclic amines) is 1. The third-order valence-electron chi connectivity index (χ3n) is 3.85. The molecule has 2 heterocycles. The van der Waals surface area contributed by atoms with Crippen LogP contribution in [-0.4, -0.2) is 33.0 Å². The van der Waals surface area contributed by atoms with Crippen molar-refractivity contribution < 1.29 is 9.59 Å². The first-order chi connectivity index (χ1) is 9.65. The molecular formula is C14H17N3O2S. The van der Waals surface area contributed by atoms with Crippen LogP contribution >= 0.6 is 11.8 Å². The van der Waals surface area contributed by atoms with Gasteiger partial charge in [-0.3, -0.25) is 14.5 Å².